The van der Waals surface area contributed by atoms with Crippen molar-refractivity contribution in [3.8, 4) is 11.5 Å². The summed E-state index contributed by atoms with van der Waals surface area (Å²) in [6.45, 7) is 0. The molecule has 0 bridgehead atoms. The molecule has 0 unspecified atom stereocenters. The lowest BCUT2D eigenvalue weighted by atomic mass is 9.85. The minimum absolute atomic E-state index is 0.0417. The number of H-pyrrole nitrogens is 1. The summed E-state index contributed by atoms with van der Waals surface area (Å²) in [4.78, 5) is 18.1. The summed E-state index contributed by atoms with van der Waals surface area (Å²) in [6, 6.07) is 3.90. The number of rotatable bonds is 3. The molecule has 1 N–H and O–H groups in total. The summed E-state index contributed by atoms with van der Waals surface area (Å²) in [5.41, 5.74) is -2.33. The highest BCUT2D eigenvalue weighted by Crippen LogP contribution is 2.39. The highest BCUT2D eigenvalue weighted by molar-refractivity contribution is 6.42. The van der Waals surface area contributed by atoms with Gasteiger partial charge in [-0.2, -0.15) is 13.2 Å². The highest BCUT2D eigenvalue weighted by Gasteiger charge is 2.40. The topological polar surface area (TPSA) is 55.0 Å². The van der Waals surface area contributed by atoms with E-state index in [1.807, 2.05) is 0 Å². The van der Waals surface area contributed by atoms with Crippen molar-refractivity contribution in [3.05, 3.63) is 50.1 Å². The zero-order valence-electron chi connectivity index (χ0n) is 12.1. The molecule has 0 spiro atoms. The highest BCUT2D eigenvalue weighted by atomic mass is 35.5. The summed E-state index contributed by atoms with van der Waals surface area (Å²) >= 11 is 11.6. The van der Waals surface area contributed by atoms with E-state index in [1.54, 1.807) is 0 Å². The van der Waals surface area contributed by atoms with Crippen molar-refractivity contribution in [2.45, 2.75) is 31.4 Å². The van der Waals surface area contributed by atoms with Gasteiger partial charge in [0.1, 0.15) is 11.6 Å². The maximum Gasteiger partial charge on any atom is 0.437 e. The minimum atomic E-state index is -4.82. The van der Waals surface area contributed by atoms with Gasteiger partial charge in [-0.3, -0.25) is 4.79 Å². The molecule has 9 heteroatoms. The molecule has 0 radical (unpaired) electrons. The van der Waals surface area contributed by atoms with E-state index in [4.69, 9.17) is 27.9 Å². The van der Waals surface area contributed by atoms with Crippen molar-refractivity contribution >= 4 is 23.2 Å². The second-order valence-corrected chi connectivity index (χ2v) is 6.25. The zero-order valence-corrected chi connectivity index (χ0v) is 13.6. The molecule has 24 heavy (non-hydrogen) atoms. The first-order chi connectivity index (χ1) is 11.3. The Kier molecular flexibility index (Phi) is 4.48. The number of alkyl halides is 3. The number of hydrogen-bond acceptors (Lipinski definition) is 3. The van der Waals surface area contributed by atoms with Crippen LogP contribution in [0.1, 0.15) is 36.7 Å². The van der Waals surface area contributed by atoms with Crippen LogP contribution < -0.4 is 10.3 Å². The van der Waals surface area contributed by atoms with Crippen molar-refractivity contribution in [2.24, 2.45) is 0 Å². The van der Waals surface area contributed by atoms with E-state index in [2.05, 4.69) is 9.97 Å². The molecule has 1 aromatic heterocycles. The quantitative estimate of drug-likeness (QED) is 0.802. The molecule has 1 saturated carbocycles. The van der Waals surface area contributed by atoms with Crippen LogP contribution in [0.4, 0.5) is 13.2 Å². The maximum absolute atomic E-state index is 13.3. The average molecular weight is 379 g/mol. The number of aromatic amines is 1. The molecule has 1 aromatic carbocycles. The third-order valence-corrected chi connectivity index (χ3v) is 4.51. The molecule has 0 amide bonds. The Hall–Kier alpha value is -1.73. The van der Waals surface area contributed by atoms with E-state index in [-0.39, 0.29) is 27.5 Å². The van der Waals surface area contributed by atoms with Crippen LogP contribution in [0.25, 0.3) is 0 Å². The Bertz CT molecular complexity index is 832. The van der Waals surface area contributed by atoms with Gasteiger partial charge in [0.2, 0.25) is 5.75 Å². The molecule has 4 nitrogen and oxygen atoms in total. The molecule has 1 aliphatic carbocycles. The van der Waals surface area contributed by atoms with E-state index in [1.165, 1.54) is 18.2 Å². The Morgan fingerprint density at radius 2 is 1.92 bits per heavy atom. The van der Waals surface area contributed by atoms with Gasteiger partial charge in [0.15, 0.2) is 5.69 Å². The monoisotopic (exact) mass is 378 g/mol. The molecule has 0 atom stereocenters. The first-order valence-electron chi connectivity index (χ1n) is 7.10. The molecule has 3 rings (SSSR count). The van der Waals surface area contributed by atoms with E-state index < -0.39 is 23.2 Å². The summed E-state index contributed by atoms with van der Waals surface area (Å²) in [6.07, 6.45) is -2.52. The van der Waals surface area contributed by atoms with E-state index in [9.17, 15) is 18.0 Å². The van der Waals surface area contributed by atoms with Crippen LogP contribution in [0, 0.1) is 0 Å². The van der Waals surface area contributed by atoms with Crippen LogP contribution in [-0.2, 0) is 6.18 Å². The number of aromatic nitrogens is 2. The van der Waals surface area contributed by atoms with Crippen molar-refractivity contribution in [1.29, 1.82) is 0 Å². The van der Waals surface area contributed by atoms with E-state index in [0.29, 0.717) is 12.8 Å². The standard InChI is InChI=1S/C15H11Cl2F3N2O2/c16-9-5-4-8(6-10(9)17)24-11-12(15(18,19)20)21-13(22-14(11)23)7-2-1-3-7/h4-7H,1-3H2,(H,21,22,23). The fourth-order valence-electron chi connectivity index (χ4n) is 2.30. The largest absolute Gasteiger partial charge is 0.449 e. The second kappa shape index (κ2) is 6.29. The van der Waals surface area contributed by atoms with Gasteiger partial charge in [-0.05, 0) is 25.0 Å². The Morgan fingerprint density at radius 3 is 2.46 bits per heavy atom. The van der Waals surface area contributed by atoms with Crippen molar-refractivity contribution in [1.82, 2.24) is 9.97 Å². The summed E-state index contributed by atoms with van der Waals surface area (Å²) in [5.74, 6) is -1.07. The van der Waals surface area contributed by atoms with Crippen LogP contribution in [0.5, 0.6) is 11.5 Å². The number of hydrogen-bond donors (Lipinski definition) is 1. The minimum Gasteiger partial charge on any atom is -0.449 e. The van der Waals surface area contributed by atoms with Gasteiger partial charge in [0.05, 0.1) is 10.0 Å². The third-order valence-electron chi connectivity index (χ3n) is 3.77. The van der Waals surface area contributed by atoms with Crippen molar-refractivity contribution in [3.63, 3.8) is 0 Å². The van der Waals surface area contributed by atoms with Crippen molar-refractivity contribution in [2.75, 3.05) is 0 Å². The van der Waals surface area contributed by atoms with Gasteiger partial charge < -0.3 is 9.72 Å². The van der Waals surface area contributed by atoms with Gasteiger partial charge in [-0.15, -0.1) is 0 Å². The van der Waals surface area contributed by atoms with E-state index in [0.717, 1.165) is 6.42 Å². The molecular weight excluding hydrogens is 368 g/mol. The van der Waals surface area contributed by atoms with Gasteiger partial charge in [0.25, 0.3) is 5.56 Å². The molecular formula is C15H11Cl2F3N2O2. The predicted octanol–water partition coefficient (Wildman–Crippen LogP) is 5.16. The number of nitrogens with one attached hydrogen (secondary N) is 1. The average Bonchev–Trinajstić information content (AvgIpc) is 2.42. The molecule has 1 fully saturated rings. The third kappa shape index (κ3) is 3.37. The van der Waals surface area contributed by atoms with Crippen LogP contribution in [0.15, 0.2) is 23.0 Å². The number of ether oxygens (including phenoxy) is 1. The number of benzene rings is 1. The smallest absolute Gasteiger partial charge is 0.437 e. The molecule has 0 saturated heterocycles. The first-order valence-corrected chi connectivity index (χ1v) is 7.85. The Morgan fingerprint density at radius 1 is 1.21 bits per heavy atom. The fraction of sp³-hybridized carbons (Fsp3) is 0.333. The lowest BCUT2D eigenvalue weighted by molar-refractivity contribution is -0.142. The SMILES string of the molecule is O=c1[nH]c(C2CCC2)nc(C(F)(F)F)c1Oc1ccc(Cl)c(Cl)c1. The lowest BCUT2D eigenvalue weighted by Gasteiger charge is -2.25. The van der Waals surface area contributed by atoms with Crippen LogP contribution in [0.3, 0.4) is 0 Å². The Balaban J connectivity index is 2.05. The summed E-state index contributed by atoms with van der Waals surface area (Å²) in [5, 5.41) is 0.311. The molecule has 1 heterocycles. The number of halogens is 5. The second-order valence-electron chi connectivity index (χ2n) is 5.43. The molecule has 2 aromatic rings. The van der Waals surface area contributed by atoms with E-state index >= 15 is 0 Å². The fourth-order valence-corrected chi connectivity index (χ4v) is 2.59. The maximum atomic E-state index is 13.3. The van der Waals surface area contributed by atoms with Gasteiger partial charge in [-0.1, -0.05) is 29.6 Å². The summed E-state index contributed by atoms with van der Waals surface area (Å²) in [7, 11) is 0. The lowest BCUT2D eigenvalue weighted by Crippen LogP contribution is -2.25. The summed E-state index contributed by atoms with van der Waals surface area (Å²) < 4.78 is 45.0. The Labute approximate surface area is 144 Å². The van der Waals surface area contributed by atoms with Crippen molar-refractivity contribution < 1.29 is 17.9 Å². The zero-order chi connectivity index (χ0) is 17.5. The number of nitrogens with zero attached hydrogens (tertiary/aromatic N) is 1. The normalized spacial score (nSPS) is 15.2. The van der Waals surface area contributed by atoms with Gasteiger partial charge >= 0.3 is 6.18 Å². The molecule has 128 valence electrons. The predicted molar refractivity (Wildman–Crippen MR) is 83.0 cm³/mol. The molecule has 0 aliphatic heterocycles. The van der Waals surface area contributed by atoms with Crippen LogP contribution in [0.2, 0.25) is 10.0 Å². The van der Waals surface area contributed by atoms with Gasteiger partial charge in [-0.25, -0.2) is 4.98 Å². The van der Waals surface area contributed by atoms with Crippen LogP contribution >= 0.6 is 23.2 Å². The first kappa shape index (κ1) is 17.1. The molecule has 1 aliphatic rings. The van der Waals surface area contributed by atoms with Crippen LogP contribution in [-0.4, -0.2) is 9.97 Å². The van der Waals surface area contributed by atoms with Gasteiger partial charge in [0, 0.05) is 12.0 Å².